The number of carbonyl (C=O) groups excluding carboxylic acids is 1. The first kappa shape index (κ1) is 32.5. The number of aromatic nitrogens is 2. The predicted octanol–water partition coefficient (Wildman–Crippen LogP) is 3.74. The van der Waals surface area contributed by atoms with Crippen molar-refractivity contribution in [2.75, 3.05) is 32.6 Å². The lowest BCUT2D eigenvalue weighted by atomic mass is 9.98. The fourth-order valence-corrected chi connectivity index (χ4v) is 5.73. The number of H-pyrrole nitrogens is 1. The molecule has 1 amide bonds. The Morgan fingerprint density at radius 1 is 0.978 bits per heavy atom. The summed E-state index contributed by atoms with van der Waals surface area (Å²) in [5.41, 5.74) is 5.11. The first-order valence-corrected chi connectivity index (χ1v) is 15.8. The van der Waals surface area contributed by atoms with Crippen molar-refractivity contribution in [3.05, 3.63) is 120 Å². The minimum atomic E-state index is -0.300. The van der Waals surface area contributed by atoms with Gasteiger partial charge in [0.1, 0.15) is 10.7 Å². The number of hydrogen-bond acceptors (Lipinski definition) is 6. The van der Waals surface area contributed by atoms with E-state index in [2.05, 4.69) is 34.3 Å². The van der Waals surface area contributed by atoms with E-state index in [0.29, 0.717) is 22.2 Å². The molecule has 9 nitrogen and oxygen atoms in total. The smallest absolute Gasteiger partial charge is 0.274 e. The van der Waals surface area contributed by atoms with Gasteiger partial charge < -0.3 is 24.3 Å². The van der Waals surface area contributed by atoms with Gasteiger partial charge in [-0.1, -0.05) is 43.7 Å². The average Bonchev–Trinajstić information content (AvgIpc) is 3.07. The van der Waals surface area contributed by atoms with Crippen molar-refractivity contribution in [3.8, 4) is 11.5 Å². The van der Waals surface area contributed by atoms with Crippen molar-refractivity contribution in [2.45, 2.75) is 45.6 Å². The number of amides is 1. The lowest BCUT2D eigenvalue weighted by Crippen LogP contribution is -2.52. The van der Waals surface area contributed by atoms with Crippen LogP contribution < -0.4 is 36.6 Å². The second-order valence-electron chi connectivity index (χ2n) is 11.6. The fourth-order valence-electron chi connectivity index (χ4n) is 5.73. The molecule has 46 heavy (non-hydrogen) atoms. The van der Waals surface area contributed by atoms with Crippen molar-refractivity contribution < 1.29 is 14.3 Å². The summed E-state index contributed by atoms with van der Waals surface area (Å²) in [6, 6.07) is 19.0. The number of hydrogen-bond donors (Lipinski definition) is 2. The second-order valence-corrected chi connectivity index (χ2v) is 11.6. The normalized spacial score (nSPS) is 13.8. The van der Waals surface area contributed by atoms with Gasteiger partial charge in [-0.25, -0.2) is 0 Å². The number of ether oxygens (including phenoxy) is 2. The largest absolute Gasteiger partial charge is 0.493 e. The summed E-state index contributed by atoms with van der Waals surface area (Å²) in [4.78, 5) is 43.5. The molecule has 240 valence electrons. The number of fused-ring (bicyclic) bond motifs is 1. The number of benzene rings is 3. The number of methoxy groups -OCH3 is 2. The maximum atomic E-state index is 12.9. The van der Waals surface area contributed by atoms with Crippen molar-refractivity contribution in [1.29, 1.82) is 0 Å². The van der Waals surface area contributed by atoms with Crippen LogP contribution in [0.3, 0.4) is 0 Å². The van der Waals surface area contributed by atoms with Crippen LogP contribution in [-0.2, 0) is 26.4 Å². The number of nitrogens with zero attached hydrogens (tertiary/aromatic N) is 2. The summed E-state index contributed by atoms with van der Waals surface area (Å²) in [7, 11) is 4.94. The van der Waals surface area contributed by atoms with Crippen LogP contribution in [0, 0.1) is 0 Å². The number of nitrogens with one attached hydrogen (secondary N) is 2. The van der Waals surface area contributed by atoms with Gasteiger partial charge in [-0.15, -0.1) is 0 Å². The number of unbranched alkanes of at least 4 members (excludes halogenated alkanes) is 2. The van der Waals surface area contributed by atoms with Crippen LogP contribution in [0.25, 0.3) is 12.2 Å². The highest BCUT2D eigenvalue weighted by atomic mass is 16.5. The first-order valence-electron chi connectivity index (χ1n) is 15.8. The van der Waals surface area contributed by atoms with Gasteiger partial charge in [-0.2, -0.15) is 0 Å². The highest BCUT2D eigenvalue weighted by Gasteiger charge is 2.19. The first-order chi connectivity index (χ1) is 22.3. The molecule has 0 unspecified atom stereocenters. The molecule has 1 aliphatic rings. The molecule has 0 saturated carbocycles. The van der Waals surface area contributed by atoms with E-state index >= 15 is 0 Å². The van der Waals surface area contributed by atoms with Gasteiger partial charge in [0.05, 0.1) is 14.2 Å². The second kappa shape index (κ2) is 14.9. The van der Waals surface area contributed by atoms with Crippen LogP contribution in [0.2, 0.25) is 0 Å². The molecule has 1 aliphatic heterocycles. The summed E-state index contributed by atoms with van der Waals surface area (Å²) in [5, 5.41) is 3.52. The molecular weight excluding hydrogens is 580 g/mol. The van der Waals surface area contributed by atoms with Crippen molar-refractivity contribution >= 4 is 23.7 Å². The topological polar surface area (TPSA) is 106 Å². The van der Waals surface area contributed by atoms with E-state index in [1.807, 2.05) is 24.3 Å². The number of rotatable bonds is 11. The monoisotopic (exact) mass is 622 g/mol. The quantitative estimate of drug-likeness (QED) is 0.247. The third-order valence-corrected chi connectivity index (χ3v) is 8.48. The van der Waals surface area contributed by atoms with Crippen molar-refractivity contribution in [1.82, 2.24) is 14.5 Å². The van der Waals surface area contributed by atoms with Gasteiger partial charge in [0.25, 0.3) is 17.0 Å². The molecule has 0 radical (unpaired) electrons. The zero-order chi connectivity index (χ0) is 32.6. The van der Waals surface area contributed by atoms with E-state index in [9.17, 15) is 14.4 Å². The molecule has 2 heterocycles. The molecule has 0 atom stereocenters. The number of carbonyl (C=O) groups is 1. The Labute approximate surface area is 268 Å². The van der Waals surface area contributed by atoms with Crippen molar-refractivity contribution in [3.63, 3.8) is 0 Å². The van der Waals surface area contributed by atoms with Crippen molar-refractivity contribution in [2.24, 2.45) is 7.05 Å². The van der Waals surface area contributed by atoms with E-state index in [1.165, 1.54) is 21.3 Å². The highest BCUT2D eigenvalue weighted by Crippen LogP contribution is 2.33. The molecule has 1 aromatic heterocycles. The molecule has 9 heteroatoms. The molecule has 0 fully saturated rings. The molecule has 0 aliphatic carbocycles. The Morgan fingerprint density at radius 2 is 1.67 bits per heavy atom. The summed E-state index contributed by atoms with van der Waals surface area (Å²) in [6.07, 6.45) is 8.02. The number of aromatic amines is 1. The van der Waals surface area contributed by atoms with Crippen LogP contribution in [0.1, 0.15) is 58.8 Å². The summed E-state index contributed by atoms with van der Waals surface area (Å²) in [6.45, 7) is 4.88. The SMILES string of the molecule is CCCCC=c1c(=O)[nH]c(=Cc2ccc(C(=O)Nc3ccc(CCN4CCc5cc(OC)c(OC)cc5C4)cc3)cc2)c(=O)n1C. The minimum Gasteiger partial charge on any atom is -0.493 e. The van der Waals surface area contributed by atoms with Gasteiger partial charge in [0, 0.05) is 37.9 Å². The Kier molecular flexibility index (Phi) is 10.5. The van der Waals surface area contributed by atoms with E-state index < -0.39 is 0 Å². The van der Waals surface area contributed by atoms with Gasteiger partial charge in [-0.05, 0) is 90.4 Å². The number of anilines is 1. The Hall–Kier alpha value is -4.89. The third kappa shape index (κ3) is 7.66. The molecule has 4 aromatic rings. The molecule has 0 bridgehead atoms. The van der Waals surface area contributed by atoms with Gasteiger partial charge >= 0.3 is 0 Å². The van der Waals surface area contributed by atoms with Gasteiger partial charge in [-0.3, -0.25) is 19.3 Å². The van der Waals surface area contributed by atoms with Crippen LogP contribution in [0.4, 0.5) is 5.69 Å². The molecule has 0 saturated heterocycles. The summed E-state index contributed by atoms with van der Waals surface area (Å²) in [5.74, 6) is 1.31. The zero-order valence-electron chi connectivity index (χ0n) is 27.0. The maximum absolute atomic E-state index is 12.9. The average molecular weight is 623 g/mol. The van der Waals surface area contributed by atoms with Gasteiger partial charge in [0.2, 0.25) is 0 Å². The standard InChI is InChI=1S/C37H42N4O5/c1-5-6-7-8-32-36(43)39-31(37(44)40(32)2)21-26-9-13-27(14-10-26)35(42)38-30-15-11-25(12-16-30)17-19-41-20-18-28-22-33(45-3)34(46-4)23-29(28)24-41/h8-16,21-23H,5-7,17-20,24H2,1-4H3,(H,38,42)(H,39,43). The lowest BCUT2D eigenvalue weighted by Gasteiger charge is -2.29. The Morgan fingerprint density at radius 3 is 2.35 bits per heavy atom. The molecule has 2 N–H and O–H groups in total. The van der Waals surface area contributed by atoms with E-state index in [4.69, 9.17) is 9.47 Å². The van der Waals surface area contributed by atoms with Crippen LogP contribution in [0.5, 0.6) is 11.5 Å². The van der Waals surface area contributed by atoms with Crippen LogP contribution >= 0.6 is 0 Å². The zero-order valence-corrected chi connectivity index (χ0v) is 27.0. The lowest BCUT2D eigenvalue weighted by molar-refractivity contribution is 0.102. The highest BCUT2D eigenvalue weighted by molar-refractivity contribution is 6.04. The Bertz CT molecular complexity index is 1930. The molecular formula is C37H42N4O5. The summed E-state index contributed by atoms with van der Waals surface area (Å²) >= 11 is 0. The predicted molar refractivity (Wildman–Crippen MR) is 182 cm³/mol. The maximum Gasteiger partial charge on any atom is 0.274 e. The van der Waals surface area contributed by atoms with E-state index in [-0.39, 0.29) is 22.4 Å². The molecule has 0 spiro atoms. The van der Waals surface area contributed by atoms with Gasteiger partial charge in [0.15, 0.2) is 11.5 Å². The molecule has 3 aromatic carbocycles. The third-order valence-electron chi connectivity index (χ3n) is 8.48. The summed E-state index contributed by atoms with van der Waals surface area (Å²) < 4.78 is 12.3. The molecule has 5 rings (SSSR count). The minimum absolute atomic E-state index is 0.198. The Balaban J connectivity index is 1.17. The van der Waals surface area contributed by atoms with E-state index in [1.54, 1.807) is 57.7 Å². The van der Waals surface area contributed by atoms with E-state index in [0.717, 1.165) is 63.2 Å². The van der Waals surface area contributed by atoms with Crippen LogP contribution in [-0.4, -0.2) is 47.7 Å². The fraction of sp³-hybridized carbons (Fsp3) is 0.324. The van der Waals surface area contributed by atoms with Crippen LogP contribution in [0.15, 0.2) is 70.3 Å².